The molecule has 1 heterocycles. The molecular formula is C14H21FN2O. The summed E-state index contributed by atoms with van der Waals surface area (Å²) in [6.45, 7) is 6.33. The molecule has 1 fully saturated rings. The molecule has 1 aliphatic rings. The van der Waals surface area contributed by atoms with Gasteiger partial charge in [-0.1, -0.05) is 19.1 Å². The number of para-hydroxylation sites is 1. The standard InChI is InChI=1S/C14H21FN2O/c1-14(10-16)6-7-17(11-14)8-9-18-13-5-3-2-4-12(13)15/h2-5H,6-11,16H2,1H3. The molecule has 100 valence electrons. The highest BCUT2D eigenvalue weighted by Gasteiger charge is 2.31. The van der Waals surface area contributed by atoms with E-state index >= 15 is 0 Å². The van der Waals surface area contributed by atoms with Gasteiger partial charge in [-0.2, -0.15) is 0 Å². The Balaban J connectivity index is 1.75. The third kappa shape index (κ3) is 3.21. The molecule has 2 N–H and O–H groups in total. The maximum Gasteiger partial charge on any atom is 0.165 e. The molecule has 4 heteroatoms. The van der Waals surface area contributed by atoms with Crippen LogP contribution in [0.25, 0.3) is 0 Å². The summed E-state index contributed by atoms with van der Waals surface area (Å²) in [4.78, 5) is 2.33. The summed E-state index contributed by atoms with van der Waals surface area (Å²) in [7, 11) is 0. The van der Waals surface area contributed by atoms with Crippen molar-refractivity contribution in [3.63, 3.8) is 0 Å². The molecule has 3 nitrogen and oxygen atoms in total. The van der Waals surface area contributed by atoms with E-state index in [4.69, 9.17) is 10.5 Å². The highest BCUT2D eigenvalue weighted by molar-refractivity contribution is 5.23. The lowest BCUT2D eigenvalue weighted by Crippen LogP contribution is -2.33. The Labute approximate surface area is 108 Å². The second-order valence-corrected chi connectivity index (χ2v) is 5.32. The van der Waals surface area contributed by atoms with Crippen LogP contribution in [-0.4, -0.2) is 37.7 Å². The van der Waals surface area contributed by atoms with Crippen molar-refractivity contribution >= 4 is 0 Å². The topological polar surface area (TPSA) is 38.5 Å². The second-order valence-electron chi connectivity index (χ2n) is 5.32. The van der Waals surface area contributed by atoms with E-state index < -0.39 is 0 Å². The van der Waals surface area contributed by atoms with Crippen molar-refractivity contribution in [1.82, 2.24) is 4.90 Å². The largest absolute Gasteiger partial charge is 0.489 e. The quantitative estimate of drug-likeness (QED) is 0.869. The van der Waals surface area contributed by atoms with Gasteiger partial charge < -0.3 is 10.5 Å². The monoisotopic (exact) mass is 252 g/mol. The van der Waals surface area contributed by atoms with Crippen molar-refractivity contribution in [1.29, 1.82) is 0 Å². The van der Waals surface area contributed by atoms with E-state index in [9.17, 15) is 4.39 Å². The Morgan fingerprint density at radius 1 is 1.44 bits per heavy atom. The van der Waals surface area contributed by atoms with Crippen LogP contribution in [0.2, 0.25) is 0 Å². The van der Waals surface area contributed by atoms with Crippen molar-refractivity contribution in [2.45, 2.75) is 13.3 Å². The summed E-state index contributed by atoms with van der Waals surface area (Å²) in [6, 6.07) is 6.51. The predicted octanol–water partition coefficient (Wildman–Crippen LogP) is 1.88. The van der Waals surface area contributed by atoms with Crippen LogP contribution >= 0.6 is 0 Å². The number of nitrogens with two attached hydrogens (primary N) is 1. The minimum atomic E-state index is -0.300. The summed E-state index contributed by atoms with van der Waals surface area (Å²) < 4.78 is 18.8. The fourth-order valence-corrected chi connectivity index (χ4v) is 2.33. The molecule has 1 atom stereocenters. The van der Waals surface area contributed by atoms with Gasteiger partial charge >= 0.3 is 0 Å². The maximum atomic E-state index is 13.3. The van der Waals surface area contributed by atoms with Crippen molar-refractivity contribution in [3.05, 3.63) is 30.1 Å². The molecule has 0 aliphatic carbocycles. The minimum absolute atomic E-state index is 0.234. The molecule has 1 unspecified atom stereocenters. The van der Waals surface area contributed by atoms with Gasteiger partial charge in [0.2, 0.25) is 0 Å². The summed E-state index contributed by atoms with van der Waals surface area (Å²) in [5, 5.41) is 0. The number of benzene rings is 1. The van der Waals surface area contributed by atoms with Crippen LogP contribution in [0.1, 0.15) is 13.3 Å². The smallest absolute Gasteiger partial charge is 0.165 e. The van der Waals surface area contributed by atoms with Crippen molar-refractivity contribution < 1.29 is 9.13 Å². The van der Waals surface area contributed by atoms with Gasteiger partial charge in [0, 0.05) is 13.1 Å². The fraction of sp³-hybridized carbons (Fsp3) is 0.571. The van der Waals surface area contributed by atoms with Gasteiger partial charge in [0.05, 0.1) is 0 Å². The van der Waals surface area contributed by atoms with Gasteiger partial charge in [-0.3, -0.25) is 4.90 Å². The minimum Gasteiger partial charge on any atom is -0.489 e. The molecule has 0 spiro atoms. The van der Waals surface area contributed by atoms with Gasteiger partial charge in [0.1, 0.15) is 6.61 Å². The van der Waals surface area contributed by atoms with Gasteiger partial charge in [0.15, 0.2) is 11.6 Å². The molecule has 0 radical (unpaired) electrons. The van der Waals surface area contributed by atoms with Gasteiger partial charge in [-0.05, 0) is 37.1 Å². The summed E-state index contributed by atoms with van der Waals surface area (Å²) >= 11 is 0. The molecule has 1 aromatic carbocycles. The zero-order chi connectivity index (χ0) is 13.0. The first-order valence-electron chi connectivity index (χ1n) is 6.43. The van der Waals surface area contributed by atoms with E-state index in [0.29, 0.717) is 12.4 Å². The van der Waals surface area contributed by atoms with Crippen LogP contribution in [-0.2, 0) is 0 Å². The Kier molecular flexibility index (Phi) is 4.19. The Bertz CT molecular complexity index is 399. The number of likely N-dealkylation sites (tertiary alicyclic amines) is 1. The van der Waals surface area contributed by atoms with Crippen LogP contribution in [0.3, 0.4) is 0 Å². The highest BCUT2D eigenvalue weighted by atomic mass is 19.1. The van der Waals surface area contributed by atoms with E-state index in [1.54, 1.807) is 18.2 Å². The summed E-state index contributed by atoms with van der Waals surface area (Å²) in [5.41, 5.74) is 6.00. The van der Waals surface area contributed by atoms with Crippen LogP contribution < -0.4 is 10.5 Å². The molecule has 1 aliphatic heterocycles. The van der Waals surface area contributed by atoms with E-state index in [1.807, 2.05) is 0 Å². The lowest BCUT2D eigenvalue weighted by molar-refractivity contribution is 0.214. The van der Waals surface area contributed by atoms with E-state index in [2.05, 4.69) is 11.8 Å². The fourth-order valence-electron chi connectivity index (χ4n) is 2.33. The molecule has 0 aromatic heterocycles. The average molecular weight is 252 g/mol. The van der Waals surface area contributed by atoms with Crippen LogP contribution in [0.5, 0.6) is 5.75 Å². The van der Waals surface area contributed by atoms with Gasteiger partial charge in [-0.15, -0.1) is 0 Å². The Morgan fingerprint density at radius 3 is 2.89 bits per heavy atom. The third-order valence-corrected chi connectivity index (χ3v) is 3.63. The summed E-state index contributed by atoms with van der Waals surface area (Å²) in [5.74, 6) is 0.0315. The SMILES string of the molecule is CC1(CN)CCN(CCOc2ccccc2F)C1. The second kappa shape index (κ2) is 5.67. The maximum absolute atomic E-state index is 13.3. The van der Waals surface area contributed by atoms with E-state index in [0.717, 1.165) is 32.6 Å². The first kappa shape index (κ1) is 13.3. The molecule has 0 amide bonds. The highest BCUT2D eigenvalue weighted by Crippen LogP contribution is 2.28. The van der Waals surface area contributed by atoms with Crippen molar-refractivity contribution in [3.8, 4) is 5.75 Å². The number of hydrogen-bond donors (Lipinski definition) is 1. The Morgan fingerprint density at radius 2 is 2.22 bits per heavy atom. The van der Waals surface area contributed by atoms with Crippen LogP contribution in [0.4, 0.5) is 4.39 Å². The molecule has 0 saturated carbocycles. The molecule has 18 heavy (non-hydrogen) atoms. The molecule has 1 saturated heterocycles. The molecular weight excluding hydrogens is 231 g/mol. The normalized spacial score (nSPS) is 24.4. The third-order valence-electron chi connectivity index (χ3n) is 3.63. The summed E-state index contributed by atoms with van der Waals surface area (Å²) in [6.07, 6.45) is 1.13. The van der Waals surface area contributed by atoms with E-state index in [1.165, 1.54) is 6.07 Å². The number of hydrogen-bond acceptors (Lipinski definition) is 3. The molecule has 0 bridgehead atoms. The number of ether oxygens (including phenoxy) is 1. The predicted molar refractivity (Wildman–Crippen MR) is 70.1 cm³/mol. The lowest BCUT2D eigenvalue weighted by Gasteiger charge is -2.22. The van der Waals surface area contributed by atoms with Gasteiger partial charge in [-0.25, -0.2) is 4.39 Å². The molecule has 1 aromatic rings. The zero-order valence-corrected chi connectivity index (χ0v) is 10.9. The lowest BCUT2D eigenvalue weighted by atomic mass is 9.90. The zero-order valence-electron chi connectivity index (χ0n) is 10.9. The number of nitrogens with zero attached hydrogens (tertiary/aromatic N) is 1. The van der Waals surface area contributed by atoms with Crippen molar-refractivity contribution in [2.24, 2.45) is 11.1 Å². The molecule has 2 rings (SSSR count). The first-order chi connectivity index (χ1) is 8.63. The first-order valence-corrected chi connectivity index (χ1v) is 6.43. The van der Waals surface area contributed by atoms with Crippen LogP contribution in [0.15, 0.2) is 24.3 Å². The average Bonchev–Trinajstić information content (AvgIpc) is 2.75. The van der Waals surface area contributed by atoms with Crippen LogP contribution in [0, 0.1) is 11.2 Å². The van der Waals surface area contributed by atoms with Crippen molar-refractivity contribution in [2.75, 3.05) is 32.8 Å². The van der Waals surface area contributed by atoms with E-state index in [-0.39, 0.29) is 11.2 Å². The Hall–Kier alpha value is -1.13. The number of rotatable bonds is 5. The van der Waals surface area contributed by atoms with Gasteiger partial charge in [0.25, 0.3) is 0 Å². The number of halogens is 1.